The average molecular weight is 399 g/mol. The minimum atomic E-state index is -0.0556. The fourth-order valence-electron chi connectivity index (χ4n) is 3.95. The number of amides is 2. The first-order chi connectivity index (χ1) is 14.7. The highest BCUT2D eigenvalue weighted by atomic mass is 16.2. The van der Waals surface area contributed by atoms with Gasteiger partial charge < -0.3 is 9.80 Å². The van der Waals surface area contributed by atoms with Crippen LogP contribution >= 0.6 is 0 Å². The second-order valence-electron chi connectivity index (χ2n) is 7.63. The number of carbonyl (C=O) groups excluding carboxylic acids is 2. The summed E-state index contributed by atoms with van der Waals surface area (Å²) in [6.45, 7) is 4.44. The van der Waals surface area contributed by atoms with Gasteiger partial charge in [-0.25, -0.2) is 0 Å². The van der Waals surface area contributed by atoms with E-state index in [9.17, 15) is 9.59 Å². The van der Waals surface area contributed by atoms with Gasteiger partial charge in [0.05, 0.1) is 0 Å². The Labute approximate surface area is 177 Å². The largest absolute Gasteiger partial charge is 0.335 e. The minimum absolute atomic E-state index is 0.0229. The van der Waals surface area contributed by atoms with E-state index in [2.05, 4.69) is 12.1 Å². The molecule has 1 aliphatic heterocycles. The van der Waals surface area contributed by atoms with Gasteiger partial charge in [-0.05, 0) is 48.2 Å². The summed E-state index contributed by atoms with van der Waals surface area (Å²) < 4.78 is 0. The Bertz CT molecular complexity index is 1020. The molecule has 0 unspecified atom stereocenters. The van der Waals surface area contributed by atoms with E-state index in [1.54, 1.807) is 29.2 Å². The van der Waals surface area contributed by atoms with Crippen molar-refractivity contribution in [2.24, 2.45) is 0 Å². The number of carbonyl (C=O) groups is 2. The molecule has 0 aromatic heterocycles. The molecular weight excluding hydrogens is 372 g/mol. The van der Waals surface area contributed by atoms with E-state index in [1.165, 1.54) is 11.1 Å². The number of hydrogen-bond acceptors (Lipinski definition) is 2. The average Bonchev–Trinajstić information content (AvgIpc) is 2.82. The zero-order valence-corrected chi connectivity index (χ0v) is 17.3. The lowest BCUT2D eigenvalue weighted by atomic mass is 9.99. The molecule has 0 radical (unpaired) electrons. The van der Waals surface area contributed by atoms with E-state index in [0.717, 1.165) is 12.0 Å². The van der Waals surface area contributed by atoms with Crippen LogP contribution in [-0.4, -0.2) is 34.7 Å². The van der Waals surface area contributed by atoms with Crippen molar-refractivity contribution in [2.45, 2.75) is 26.4 Å². The zero-order valence-electron chi connectivity index (χ0n) is 17.3. The van der Waals surface area contributed by atoms with Gasteiger partial charge in [-0.2, -0.15) is 0 Å². The molecule has 0 N–H and O–H groups in total. The summed E-state index contributed by atoms with van der Waals surface area (Å²) in [6, 6.07) is 25.3. The summed E-state index contributed by atoms with van der Waals surface area (Å²) in [4.78, 5) is 29.9. The van der Waals surface area contributed by atoms with Crippen LogP contribution in [0.5, 0.6) is 0 Å². The van der Waals surface area contributed by atoms with Gasteiger partial charge in [-0.15, -0.1) is 0 Å². The number of rotatable bonds is 5. The summed E-state index contributed by atoms with van der Waals surface area (Å²) in [5.74, 6) is -0.0785. The van der Waals surface area contributed by atoms with Crippen LogP contribution in [0, 0.1) is 0 Å². The normalized spacial score (nSPS) is 12.9. The van der Waals surface area contributed by atoms with Gasteiger partial charge in [0.25, 0.3) is 11.8 Å². The number of hydrogen-bond donors (Lipinski definition) is 0. The van der Waals surface area contributed by atoms with Crippen molar-refractivity contribution >= 4 is 11.8 Å². The number of benzene rings is 3. The van der Waals surface area contributed by atoms with Crippen LogP contribution in [0.1, 0.15) is 44.3 Å². The third-order valence-electron chi connectivity index (χ3n) is 5.66. The molecule has 0 saturated heterocycles. The summed E-state index contributed by atoms with van der Waals surface area (Å²) in [5.41, 5.74) is 4.72. The summed E-state index contributed by atoms with van der Waals surface area (Å²) in [7, 11) is 0. The molecule has 3 aromatic rings. The molecule has 3 aromatic carbocycles. The van der Waals surface area contributed by atoms with E-state index in [0.29, 0.717) is 37.3 Å². The maximum absolute atomic E-state index is 13.1. The van der Waals surface area contributed by atoms with E-state index in [-0.39, 0.29) is 11.8 Å². The van der Waals surface area contributed by atoms with Gasteiger partial charge >= 0.3 is 0 Å². The van der Waals surface area contributed by atoms with Crippen LogP contribution in [0.4, 0.5) is 0 Å². The molecule has 4 heteroatoms. The van der Waals surface area contributed by atoms with Gasteiger partial charge in [0.15, 0.2) is 0 Å². The molecular formula is C26H26N2O2. The second kappa shape index (κ2) is 8.95. The van der Waals surface area contributed by atoms with Crippen LogP contribution in [0.3, 0.4) is 0 Å². The van der Waals surface area contributed by atoms with Gasteiger partial charge in [0.1, 0.15) is 0 Å². The monoisotopic (exact) mass is 398 g/mol. The fraction of sp³-hybridized carbons (Fsp3) is 0.231. The van der Waals surface area contributed by atoms with Crippen molar-refractivity contribution in [1.29, 1.82) is 0 Å². The van der Waals surface area contributed by atoms with Crippen molar-refractivity contribution in [3.8, 4) is 0 Å². The molecule has 4 rings (SSSR count). The highest BCUT2D eigenvalue weighted by molar-refractivity contribution is 5.99. The van der Waals surface area contributed by atoms with E-state index in [1.807, 2.05) is 54.3 Å². The second-order valence-corrected chi connectivity index (χ2v) is 7.63. The molecule has 0 atom stereocenters. The molecule has 4 nitrogen and oxygen atoms in total. The summed E-state index contributed by atoms with van der Waals surface area (Å²) >= 11 is 0. The van der Waals surface area contributed by atoms with Gasteiger partial charge in [0.2, 0.25) is 0 Å². The molecule has 1 heterocycles. The summed E-state index contributed by atoms with van der Waals surface area (Å²) in [5, 5.41) is 0. The third kappa shape index (κ3) is 4.28. The third-order valence-corrected chi connectivity index (χ3v) is 5.66. The lowest BCUT2D eigenvalue weighted by Gasteiger charge is -2.29. The Morgan fingerprint density at radius 2 is 1.57 bits per heavy atom. The van der Waals surface area contributed by atoms with E-state index < -0.39 is 0 Å². The number of nitrogens with zero attached hydrogens (tertiary/aromatic N) is 2. The van der Waals surface area contributed by atoms with Crippen molar-refractivity contribution in [3.63, 3.8) is 0 Å². The minimum Gasteiger partial charge on any atom is -0.335 e. The fourth-order valence-corrected chi connectivity index (χ4v) is 3.95. The predicted molar refractivity (Wildman–Crippen MR) is 118 cm³/mol. The van der Waals surface area contributed by atoms with E-state index in [4.69, 9.17) is 0 Å². The number of fused-ring (bicyclic) bond motifs is 1. The Kier molecular flexibility index (Phi) is 5.94. The molecule has 0 aliphatic carbocycles. The SMILES string of the molecule is CCN(Cc1ccccc1)C(=O)c1cccc(C(=O)N2CCc3ccccc3C2)c1. The van der Waals surface area contributed by atoms with Crippen LogP contribution in [0.15, 0.2) is 78.9 Å². The highest BCUT2D eigenvalue weighted by Gasteiger charge is 2.23. The smallest absolute Gasteiger partial charge is 0.254 e. The van der Waals surface area contributed by atoms with Gasteiger partial charge in [0, 0.05) is 37.3 Å². The van der Waals surface area contributed by atoms with Crippen molar-refractivity contribution < 1.29 is 9.59 Å². The first-order valence-corrected chi connectivity index (χ1v) is 10.4. The van der Waals surface area contributed by atoms with Crippen molar-refractivity contribution in [2.75, 3.05) is 13.1 Å². The standard InChI is InChI=1S/C26H26N2O2/c1-2-27(18-20-9-4-3-5-10-20)25(29)22-13-8-14-23(17-22)26(30)28-16-15-21-11-6-7-12-24(21)19-28/h3-14,17H,2,15-16,18-19H2,1H3. The highest BCUT2D eigenvalue weighted by Crippen LogP contribution is 2.21. The Morgan fingerprint density at radius 1 is 0.867 bits per heavy atom. The first kappa shape index (κ1) is 19.9. The van der Waals surface area contributed by atoms with Crippen molar-refractivity contribution in [1.82, 2.24) is 9.80 Å². The maximum Gasteiger partial charge on any atom is 0.254 e. The van der Waals surface area contributed by atoms with Crippen LogP contribution in [0.25, 0.3) is 0 Å². The summed E-state index contributed by atoms with van der Waals surface area (Å²) in [6.07, 6.45) is 0.862. The zero-order chi connectivity index (χ0) is 20.9. The molecule has 0 spiro atoms. The first-order valence-electron chi connectivity index (χ1n) is 10.4. The Balaban J connectivity index is 1.50. The molecule has 0 bridgehead atoms. The van der Waals surface area contributed by atoms with Gasteiger partial charge in [-0.3, -0.25) is 9.59 Å². The van der Waals surface area contributed by atoms with E-state index >= 15 is 0 Å². The predicted octanol–water partition coefficient (Wildman–Crippen LogP) is 4.55. The van der Waals surface area contributed by atoms with Crippen molar-refractivity contribution in [3.05, 3.63) is 107 Å². The van der Waals surface area contributed by atoms with Crippen LogP contribution in [0.2, 0.25) is 0 Å². The maximum atomic E-state index is 13.1. The molecule has 0 fully saturated rings. The van der Waals surface area contributed by atoms with Crippen LogP contribution in [-0.2, 0) is 19.5 Å². The lowest BCUT2D eigenvalue weighted by Crippen LogP contribution is -2.36. The molecule has 0 saturated carbocycles. The lowest BCUT2D eigenvalue weighted by molar-refractivity contribution is 0.0734. The Morgan fingerprint density at radius 3 is 2.33 bits per heavy atom. The van der Waals surface area contributed by atoms with Crippen LogP contribution < -0.4 is 0 Å². The topological polar surface area (TPSA) is 40.6 Å². The molecule has 30 heavy (non-hydrogen) atoms. The molecule has 152 valence electrons. The molecule has 1 aliphatic rings. The molecule has 2 amide bonds. The quantitative estimate of drug-likeness (QED) is 0.633. The Hall–Kier alpha value is -3.40. The van der Waals surface area contributed by atoms with Gasteiger partial charge in [-0.1, -0.05) is 60.7 Å².